The van der Waals surface area contributed by atoms with Crippen LogP contribution in [0.1, 0.15) is 23.4 Å². The van der Waals surface area contributed by atoms with Gasteiger partial charge in [0.05, 0.1) is 25.0 Å². The van der Waals surface area contributed by atoms with E-state index in [1.54, 1.807) is 22.3 Å². The van der Waals surface area contributed by atoms with Crippen molar-refractivity contribution in [1.82, 2.24) is 20.1 Å². The second-order valence-corrected chi connectivity index (χ2v) is 6.84. The van der Waals surface area contributed by atoms with Gasteiger partial charge in [0.2, 0.25) is 0 Å². The Bertz CT molecular complexity index is 729. The Morgan fingerprint density at radius 3 is 2.80 bits per heavy atom. The van der Waals surface area contributed by atoms with Gasteiger partial charge < -0.3 is 15.2 Å². The summed E-state index contributed by atoms with van der Waals surface area (Å²) in [7, 11) is 0. The van der Waals surface area contributed by atoms with Crippen molar-refractivity contribution >= 4 is 11.3 Å². The van der Waals surface area contributed by atoms with Crippen LogP contribution >= 0.6 is 11.3 Å². The van der Waals surface area contributed by atoms with E-state index in [4.69, 9.17) is 4.74 Å². The van der Waals surface area contributed by atoms with E-state index >= 15 is 0 Å². The molecule has 0 radical (unpaired) electrons. The van der Waals surface area contributed by atoms with Crippen LogP contribution in [0.4, 0.5) is 0 Å². The summed E-state index contributed by atoms with van der Waals surface area (Å²) in [4.78, 5) is 5.11. The largest absolute Gasteiger partial charge is 0.389 e. The number of benzene rings is 1. The normalized spacial score (nSPS) is 13.7. The Morgan fingerprint density at radius 2 is 2.12 bits per heavy atom. The van der Waals surface area contributed by atoms with Crippen LogP contribution in [0, 0.1) is 0 Å². The second-order valence-electron chi connectivity index (χ2n) is 5.81. The van der Waals surface area contributed by atoms with E-state index in [-0.39, 0.29) is 6.04 Å². The lowest BCUT2D eigenvalue weighted by Gasteiger charge is -2.18. The zero-order valence-electron chi connectivity index (χ0n) is 14.1. The van der Waals surface area contributed by atoms with Crippen LogP contribution in [0.2, 0.25) is 0 Å². The van der Waals surface area contributed by atoms with Crippen molar-refractivity contribution in [3.05, 3.63) is 64.9 Å². The van der Waals surface area contributed by atoms with E-state index < -0.39 is 6.10 Å². The summed E-state index contributed by atoms with van der Waals surface area (Å²) in [6, 6.07) is 12.3. The Hall–Kier alpha value is -2.06. The summed E-state index contributed by atoms with van der Waals surface area (Å²) in [6.45, 7) is 3.43. The number of aromatic nitrogens is 3. The molecule has 0 fully saturated rings. The first-order valence-corrected chi connectivity index (χ1v) is 9.07. The molecule has 3 rings (SSSR count). The van der Waals surface area contributed by atoms with E-state index in [2.05, 4.69) is 22.3 Å². The number of hydrogen-bond donors (Lipinski definition) is 2. The van der Waals surface area contributed by atoms with Crippen LogP contribution in [-0.2, 0) is 11.3 Å². The fourth-order valence-electron chi connectivity index (χ4n) is 2.44. The first kappa shape index (κ1) is 17.8. The maximum absolute atomic E-state index is 10.0. The Morgan fingerprint density at radius 1 is 1.28 bits per heavy atom. The predicted molar refractivity (Wildman–Crippen MR) is 97.8 cm³/mol. The number of ether oxygens (including phenoxy) is 1. The third-order valence-electron chi connectivity index (χ3n) is 3.87. The number of rotatable bonds is 9. The lowest BCUT2D eigenvalue weighted by molar-refractivity contribution is 0.0288. The highest BCUT2D eigenvalue weighted by Gasteiger charge is 2.10. The number of hydrogen-bond acceptors (Lipinski definition) is 6. The van der Waals surface area contributed by atoms with Crippen LogP contribution in [0.25, 0.3) is 5.69 Å². The Labute approximate surface area is 151 Å². The maximum Gasteiger partial charge on any atom is 0.138 e. The van der Waals surface area contributed by atoms with Gasteiger partial charge in [-0.25, -0.2) is 9.67 Å². The van der Waals surface area contributed by atoms with Crippen LogP contribution < -0.4 is 5.32 Å². The average molecular weight is 358 g/mol. The quantitative estimate of drug-likeness (QED) is 0.615. The topological polar surface area (TPSA) is 72.2 Å². The van der Waals surface area contributed by atoms with Gasteiger partial charge in [-0.2, -0.15) is 5.10 Å². The zero-order valence-corrected chi connectivity index (χ0v) is 14.9. The molecule has 2 heterocycles. The van der Waals surface area contributed by atoms with Crippen molar-refractivity contribution in [2.75, 3.05) is 13.2 Å². The number of nitrogens with one attached hydrogen (secondary N) is 1. The summed E-state index contributed by atoms with van der Waals surface area (Å²) < 4.78 is 7.26. The van der Waals surface area contributed by atoms with Gasteiger partial charge in [0, 0.05) is 17.5 Å². The van der Waals surface area contributed by atoms with E-state index in [1.807, 2.05) is 41.8 Å². The standard InChI is InChI=1S/C18H22N4O2S/c1-14(15-4-6-16(7-5-15)22-13-19-12-21-22)20-9-17(23)10-24-11-18-3-2-8-25-18/h2-8,12-14,17,20,23H,9-11H2,1H3. The number of aliphatic hydroxyl groups is 1. The van der Waals surface area contributed by atoms with Gasteiger partial charge in [-0.1, -0.05) is 18.2 Å². The van der Waals surface area contributed by atoms with Gasteiger partial charge in [-0.05, 0) is 36.1 Å². The third kappa shape index (κ3) is 5.20. The fourth-order valence-corrected chi connectivity index (χ4v) is 3.08. The van der Waals surface area contributed by atoms with Crippen molar-refractivity contribution < 1.29 is 9.84 Å². The molecule has 7 heteroatoms. The molecular formula is C18H22N4O2S. The molecule has 0 aliphatic rings. The smallest absolute Gasteiger partial charge is 0.138 e. The molecule has 2 unspecified atom stereocenters. The minimum absolute atomic E-state index is 0.136. The van der Waals surface area contributed by atoms with Gasteiger partial charge in [0.25, 0.3) is 0 Å². The number of aliphatic hydroxyl groups excluding tert-OH is 1. The van der Waals surface area contributed by atoms with Gasteiger partial charge in [-0.3, -0.25) is 0 Å². The highest BCUT2D eigenvalue weighted by atomic mass is 32.1. The van der Waals surface area contributed by atoms with Crippen molar-refractivity contribution in [1.29, 1.82) is 0 Å². The molecule has 0 saturated carbocycles. The molecule has 2 aromatic heterocycles. The molecule has 132 valence electrons. The summed E-state index contributed by atoms with van der Waals surface area (Å²) in [6.07, 6.45) is 2.65. The van der Waals surface area contributed by atoms with Crippen LogP contribution in [0.15, 0.2) is 54.4 Å². The van der Waals surface area contributed by atoms with Crippen molar-refractivity contribution in [2.24, 2.45) is 0 Å². The molecule has 2 N–H and O–H groups in total. The van der Waals surface area contributed by atoms with Crippen LogP contribution in [-0.4, -0.2) is 39.1 Å². The third-order valence-corrected chi connectivity index (χ3v) is 4.72. The molecule has 2 atom stereocenters. The average Bonchev–Trinajstić information content (AvgIpc) is 3.33. The van der Waals surface area contributed by atoms with Crippen LogP contribution in [0.3, 0.4) is 0 Å². The minimum atomic E-state index is -0.531. The number of thiophene rings is 1. The minimum Gasteiger partial charge on any atom is -0.389 e. The summed E-state index contributed by atoms with van der Waals surface area (Å²) in [5.74, 6) is 0. The second kappa shape index (κ2) is 8.87. The lowest BCUT2D eigenvalue weighted by Crippen LogP contribution is -2.32. The fraction of sp³-hybridized carbons (Fsp3) is 0.333. The molecule has 0 spiro atoms. The monoisotopic (exact) mass is 358 g/mol. The molecule has 0 aliphatic heterocycles. The van der Waals surface area contributed by atoms with E-state index in [0.29, 0.717) is 19.8 Å². The molecule has 0 bridgehead atoms. The van der Waals surface area contributed by atoms with E-state index in [0.717, 1.165) is 11.3 Å². The highest BCUT2D eigenvalue weighted by Crippen LogP contribution is 2.15. The van der Waals surface area contributed by atoms with Gasteiger partial charge in [-0.15, -0.1) is 11.3 Å². The van der Waals surface area contributed by atoms with E-state index in [1.165, 1.54) is 11.2 Å². The lowest BCUT2D eigenvalue weighted by atomic mass is 10.1. The summed E-state index contributed by atoms with van der Waals surface area (Å²) in [5, 5.41) is 19.5. The molecule has 0 amide bonds. The molecule has 6 nitrogen and oxygen atoms in total. The van der Waals surface area contributed by atoms with Gasteiger partial charge in [0.15, 0.2) is 0 Å². The molecule has 1 aromatic carbocycles. The van der Waals surface area contributed by atoms with Gasteiger partial charge >= 0.3 is 0 Å². The van der Waals surface area contributed by atoms with Crippen molar-refractivity contribution in [3.63, 3.8) is 0 Å². The highest BCUT2D eigenvalue weighted by molar-refractivity contribution is 7.09. The molecule has 3 aromatic rings. The maximum atomic E-state index is 10.0. The zero-order chi connectivity index (χ0) is 17.5. The summed E-state index contributed by atoms with van der Waals surface area (Å²) in [5.41, 5.74) is 2.12. The van der Waals surface area contributed by atoms with Gasteiger partial charge in [0.1, 0.15) is 12.7 Å². The molecule has 0 aliphatic carbocycles. The van der Waals surface area contributed by atoms with Crippen molar-refractivity contribution in [2.45, 2.75) is 25.7 Å². The number of nitrogens with zero attached hydrogens (tertiary/aromatic N) is 3. The first-order chi connectivity index (χ1) is 12.2. The molecular weight excluding hydrogens is 336 g/mol. The molecule has 0 saturated heterocycles. The van der Waals surface area contributed by atoms with E-state index in [9.17, 15) is 5.11 Å². The SMILES string of the molecule is CC(NCC(O)COCc1cccs1)c1ccc(-n2cncn2)cc1. The first-order valence-electron chi connectivity index (χ1n) is 8.19. The summed E-state index contributed by atoms with van der Waals surface area (Å²) >= 11 is 1.66. The van der Waals surface area contributed by atoms with Crippen LogP contribution in [0.5, 0.6) is 0 Å². The molecule has 25 heavy (non-hydrogen) atoms. The Kier molecular flexibility index (Phi) is 6.30. The Balaban J connectivity index is 1.41. The predicted octanol–water partition coefficient (Wildman–Crippen LogP) is 2.56. The van der Waals surface area contributed by atoms with Crippen molar-refractivity contribution in [3.8, 4) is 5.69 Å².